The van der Waals surface area contributed by atoms with Crippen LogP contribution >= 0.6 is 0 Å². The molecule has 80 valence electrons. The molecule has 0 spiro atoms. The number of hydrogen-bond acceptors (Lipinski definition) is 1. The van der Waals surface area contributed by atoms with E-state index in [4.69, 9.17) is 0 Å². The van der Waals surface area contributed by atoms with Gasteiger partial charge >= 0.3 is 0 Å². The molecule has 1 saturated carbocycles. The molecule has 2 aliphatic rings. The topological polar surface area (TPSA) is 20.2 Å². The van der Waals surface area contributed by atoms with E-state index < -0.39 is 5.60 Å². The zero-order chi connectivity index (χ0) is 10.5. The van der Waals surface area contributed by atoms with Crippen molar-refractivity contribution < 1.29 is 5.11 Å². The van der Waals surface area contributed by atoms with Crippen LogP contribution in [0.2, 0.25) is 0 Å². The molecule has 1 aromatic rings. The van der Waals surface area contributed by atoms with Crippen LogP contribution in [0.25, 0.3) is 0 Å². The first-order valence-corrected chi connectivity index (χ1v) is 6.03. The highest BCUT2D eigenvalue weighted by molar-refractivity contribution is 5.42. The molecule has 0 aromatic heterocycles. The summed E-state index contributed by atoms with van der Waals surface area (Å²) >= 11 is 0. The van der Waals surface area contributed by atoms with Gasteiger partial charge in [0.15, 0.2) is 0 Å². The van der Waals surface area contributed by atoms with Gasteiger partial charge in [0.05, 0.1) is 5.60 Å². The lowest BCUT2D eigenvalue weighted by molar-refractivity contribution is -0.0139. The molecule has 0 amide bonds. The summed E-state index contributed by atoms with van der Waals surface area (Å²) < 4.78 is 0. The summed E-state index contributed by atoms with van der Waals surface area (Å²) in [6.07, 6.45) is 5.06. The molecule has 1 heteroatoms. The Morgan fingerprint density at radius 2 is 1.93 bits per heavy atom. The minimum absolute atomic E-state index is 0.462. The Kier molecular flexibility index (Phi) is 1.93. The van der Waals surface area contributed by atoms with Crippen molar-refractivity contribution in [1.29, 1.82) is 0 Å². The smallest absolute Gasteiger partial charge is 0.0905 e. The van der Waals surface area contributed by atoms with Gasteiger partial charge in [0, 0.05) is 0 Å². The van der Waals surface area contributed by atoms with E-state index in [0.29, 0.717) is 11.8 Å². The Bertz CT molecular complexity index is 381. The Morgan fingerprint density at radius 3 is 2.80 bits per heavy atom. The van der Waals surface area contributed by atoms with E-state index in [0.717, 1.165) is 0 Å². The van der Waals surface area contributed by atoms with Gasteiger partial charge in [-0.25, -0.2) is 0 Å². The maximum absolute atomic E-state index is 10.6. The molecule has 0 heterocycles. The summed E-state index contributed by atoms with van der Waals surface area (Å²) in [6.45, 7) is 2.00. The molecular formula is C14H18O. The average Bonchev–Trinajstić information content (AvgIpc) is 2.51. The van der Waals surface area contributed by atoms with E-state index >= 15 is 0 Å². The van der Waals surface area contributed by atoms with Crippen molar-refractivity contribution in [3.8, 4) is 0 Å². The lowest BCUT2D eigenvalue weighted by atomic mass is 9.75. The molecule has 1 aromatic carbocycles. The highest BCUT2D eigenvalue weighted by Crippen LogP contribution is 2.54. The fraction of sp³-hybridized carbons (Fsp3) is 0.571. The number of aliphatic hydroxyl groups is 1. The molecule has 1 nitrogen and oxygen atoms in total. The minimum Gasteiger partial charge on any atom is -0.385 e. The Balaban J connectivity index is 2.13. The summed E-state index contributed by atoms with van der Waals surface area (Å²) in [5.74, 6) is 1.08. The lowest BCUT2D eigenvalue weighted by Gasteiger charge is -2.33. The maximum Gasteiger partial charge on any atom is 0.0905 e. The summed E-state index contributed by atoms with van der Waals surface area (Å²) in [7, 11) is 0. The first kappa shape index (κ1) is 9.41. The summed E-state index contributed by atoms with van der Waals surface area (Å²) in [6, 6.07) is 8.46. The Hall–Kier alpha value is -0.820. The van der Waals surface area contributed by atoms with Gasteiger partial charge in [0.25, 0.3) is 0 Å². The van der Waals surface area contributed by atoms with Gasteiger partial charge < -0.3 is 5.11 Å². The molecule has 3 atom stereocenters. The third-order valence-corrected chi connectivity index (χ3v) is 4.39. The SMILES string of the molecule is CC1(O)c2ccccc2C2CCCCC21. The largest absolute Gasteiger partial charge is 0.385 e. The molecular weight excluding hydrogens is 184 g/mol. The van der Waals surface area contributed by atoms with Crippen molar-refractivity contribution in [2.24, 2.45) is 5.92 Å². The second-order valence-corrected chi connectivity index (χ2v) is 5.23. The van der Waals surface area contributed by atoms with Crippen LogP contribution in [0.15, 0.2) is 24.3 Å². The first-order valence-electron chi connectivity index (χ1n) is 6.03. The van der Waals surface area contributed by atoms with Gasteiger partial charge in [-0.2, -0.15) is 0 Å². The third kappa shape index (κ3) is 1.19. The third-order valence-electron chi connectivity index (χ3n) is 4.39. The molecule has 0 saturated heterocycles. The maximum atomic E-state index is 10.6. The van der Waals surface area contributed by atoms with E-state index in [2.05, 4.69) is 18.2 Å². The van der Waals surface area contributed by atoms with Gasteiger partial charge in [0.2, 0.25) is 0 Å². The van der Waals surface area contributed by atoms with E-state index in [1.54, 1.807) is 0 Å². The predicted molar refractivity (Wildman–Crippen MR) is 60.7 cm³/mol. The van der Waals surface area contributed by atoms with E-state index in [1.165, 1.54) is 36.8 Å². The zero-order valence-corrected chi connectivity index (χ0v) is 9.24. The summed E-state index contributed by atoms with van der Waals surface area (Å²) in [4.78, 5) is 0. The van der Waals surface area contributed by atoms with Crippen molar-refractivity contribution in [3.05, 3.63) is 35.4 Å². The van der Waals surface area contributed by atoms with Crippen LogP contribution < -0.4 is 0 Å². The molecule has 3 unspecified atom stereocenters. The molecule has 15 heavy (non-hydrogen) atoms. The van der Waals surface area contributed by atoms with Gasteiger partial charge in [-0.15, -0.1) is 0 Å². The second kappa shape index (κ2) is 3.08. The highest BCUT2D eigenvalue weighted by Gasteiger charge is 2.48. The van der Waals surface area contributed by atoms with Gasteiger partial charge in [-0.3, -0.25) is 0 Å². The van der Waals surface area contributed by atoms with Gasteiger partial charge in [-0.05, 0) is 42.7 Å². The van der Waals surface area contributed by atoms with Crippen molar-refractivity contribution in [1.82, 2.24) is 0 Å². The summed E-state index contributed by atoms with van der Waals surface area (Å²) in [5.41, 5.74) is 2.01. The van der Waals surface area contributed by atoms with E-state index in [9.17, 15) is 5.11 Å². The van der Waals surface area contributed by atoms with Crippen LogP contribution in [0.3, 0.4) is 0 Å². The highest BCUT2D eigenvalue weighted by atomic mass is 16.3. The second-order valence-electron chi connectivity index (χ2n) is 5.23. The molecule has 1 N–H and O–H groups in total. The Morgan fingerprint density at radius 1 is 1.20 bits per heavy atom. The quantitative estimate of drug-likeness (QED) is 0.685. The van der Waals surface area contributed by atoms with Crippen LogP contribution in [0.5, 0.6) is 0 Å². The van der Waals surface area contributed by atoms with Gasteiger partial charge in [-0.1, -0.05) is 37.1 Å². The van der Waals surface area contributed by atoms with Crippen LogP contribution in [0, 0.1) is 5.92 Å². The molecule has 0 bridgehead atoms. The minimum atomic E-state index is -0.582. The molecule has 1 fully saturated rings. The molecule has 3 rings (SSSR count). The van der Waals surface area contributed by atoms with Crippen molar-refractivity contribution in [2.45, 2.75) is 44.1 Å². The molecule has 0 radical (unpaired) electrons. The lowest BCUT2D eigenvalue weighted by Crippen LogP contribution is -2.30. The average molecular weight is 202 g/mol. The first-order chi connectivity index (χ1) is 7.21. The number of fused-ring (bicyclic) bond motifs is 3. The van der Waals surface area contributed by atoms with Crippen LogP contribution in [0.1, 0.15) is 49.7 Å². The van der Waals surface area contributed by atoms with Crippen LogP contribution in [-0.2, 0) is 5.60 Å². The normalized spacial score (nSPS) is 38.5. The van der Waals surface area contributed by atoms with E-state index in [1.807, 2.05) is 13.0 Å². The van der Waals surface area contributed by atoms with Crippen LogP contribution in [-0.4, -0.2) is 5.11 Å². The van der Waals surface area contributed by atoms with Crippen molar-refractivity contribution in [3.63, 3.8) is 0 Å². The Labute approximate surface area is 91.1 Å². The van der Waals surface area contributed by atoms with Gasteiger partial charge in [0.1, 0.15) is 0 Å². The predicted octanol–water partition coefficient (Wildman–Crippen LogP) is 3.18. The number of rotatable bonds is 0. The van der Waals surface area contributed by atoms with Crippen LogP contribution in [0.4, 0.5) is 0 Å². The standard InChI is InChI=1S/C14H18O/c1-14(15)12-8-4-2-6-10(12)11-7-3-5-9-13(11)14/h2,4,6,8,11,13,15H,3,5,7,9H2,1H3. The number of benzene rings is 1. The fourth-order valence-corrected chi connectivity index (χ4v) is 3.66. The summed E-state index contributed by atoms with van der Waals surface area (Å²) in [5, 5.41) is 10.6. The van der Waals surface area contributed by atoms with Crippen molar-refractivity contribution in [2.75, 3.05) is 0 Å². The fourth-order valence-electron chi connectivity index (χ4n) is 3.66. The molecule has 0 aliphatic heterocycles. The monoisotopic (exact) mass is 202 g/mol. The van der Waals surface area contributed by atoms with Crippen molar-refractivity contribution >= 4 is 0 Å². The number of hydrogen-bond donors (Lipinski definition) is 1. The zero-order valence-electron chi connectivity index (χ0n) is 9.24. The molecule has 2 aliphatic carbocycles. The van der Waals surface area contributed by atoms with E-state index in [-0.39, 0.29) is 0 Å².